The lowest BCUT2D eigenvalue weighted by atomic mass is 10.1. The van der Waals surface area contributed by atoms with Crippen LogP contribution in [0.3, 0.4) is 0 Å². The van der Waals surface area contributed by atoms with Gasteiger partial charge in [-0.1, -0.05) is 0 Å². The van der Waals surface area contributed by atoms with E-state index >= 15 is 0 Å². The lowest BCUT2D eigenvalue weighted by molar-refractivity contribution is 0.412. The number of rotatable bonds is 2. The van der Waals surface area contributed by atoms with E-state index in [-0.39, 0.29) is 5.56 Å². The molecule has 0 N–H and O–H groups in total. The lowest BCUT2D eigenvalue weighted by Gasteiger charge is -2.07. The molecule has 0 aliphatic carbocycles. The fraction of sp³-hybridized carbons (Fsp3) is 0.231. The second kappa shape index (κ2) is 4.41. The number of aryl methyl sites for hydroxylation is 2. The molecule has 2 aromatic rings. The molecule has 17 heavy (non-hydrogen) atoms. The van der Waals surface area contributed by atoms with E-state index in [2.05, 4.69) is 5.10 Å². The van der Waals surface area contributed by atoms with Crippen LogP contribution in [-0.2, 0) is 7.05 Å². The van der Waals surface area contributed by atoms with Crippen LogP contribution in [0.25, 0.3) is 11.3 Å². The van der Waals surface area contributed by atoms with E-state index in [0.717, 1.165) is 22.6 Å². The number of hydrogen-bond acceptors (Lipinski definition) is 3. The summed E-state index contributed by atoms with van der Waals surface area (Å²) in [5.74, 6) is 0.846. The Morgan fingerprint density at radius 3 is 2.59 bits per heavy atom. The second-order valence-electron chi connectivity index (χ2n) is 3.86. The average Bonchev–Trinajstić information content (AvgIpc) is 2.32. The predicted molar refractivity (Wildman–Crippen MR) is 66.2 cm³/mol. The molecule has 1 aromatic carbocycles. The maximum Gasteiger partial charge on any atom is 0.266 e. The van der Waals surface area contributed by atoms with Gasteiger partial charge in [0.2, 0.25) is 0 Å². The molecule has 0 aliphatic rings. The molecule has 1 aromatic heterocycles. The highest BCUT2D eigenvalue weighted by Crippen LogP contribution is 2.23. The molecule has 0 aliphatic heterocycles. The van der Waals surface area contributed by atoms with Crippen LogP contribution in [0.15, 0.2) is 35.1 Å². The minimum absolute atomic E-state index is 0.112. The van der Waals surface area contributed by atoms with Crippen molar-refractivity contribution >= 4 is 0 Å². The Kier molecular flexibility index (Phi) is 2.95. The molecular formula is C13H14N2O2. The van der Waals surface area contributed by atoms with Crippen molar-refractivity contribution in [1.82, 2.24) is 9.78 Å². The first-order valence-electron chi connectivity index (χ1n) is 5.31. The third-order valence-corrected chi connectivity index (χ3v) is 2.65. The van der Waals surface area contributed by atoms with Gasteiger partial charge in [0.25, 0.3) is 5.56 Å². The van der Waals surface area contributed by atoms with Crippen LogP contribution < -0.4 is 10.3 Å². The third-order valence-electron chi connectivity index (χ3n) is 2.65. The monoisotopic (exact) mass is 230 g/mol. The highest BCUT2D eigenvalue weighted by molar-refractivity contribution is 5.61. The standard InChI is InChI=1S/C13H14N2O2/c1-9-8-10(4-6-12(9)17-3)11-5-7-13(16)15(2)14-11/h4-8H,1-3H3. The molecule has 0 spiro atoms. The molecule has 1 heterocycles. The molecule has 88 valence electrons. The topological polar surface area (TPSA) is 44.1 Å². The Morgan fingerprint density at radius 1 is 1.24 bits per heavy atom. The summed E-state index contributed by atoms with van der Waals surface area (Å²) in [6, 6.07) is 9.06. The Labute approximate surface area is 99.5 Å². The molecule has 4 nitrogen and oxygen atoms in total. The average molecular weight is 230 g/mol. The number of hydrogen-bond donors (Lipinski definition) is 0. The fourth-order valence-electron chi connectivity index (χ4n) is 1.69. The van der Waals surface area contributed by atoms with Crippen molar-refractivity contribution in [2.24, 2.45) is 7.05 Å². The second-order valence-corrected chi connectivity index (χ2v) is 3.86. The highest BCUT2D eigenvalue weighted by Gasteiger charge is 2.04. The van der Waals surface area contributed by atoms with E-state index in [4.69, 9.17) is 4.74 Å². The zero-order valence-corrected chi connectivity index (χ0v) is 10.1. The molecule has 0 saturated carbocycles. The lowest BCUT2D eigenvalue weighted by Crippen LogP contribution is -2.18. The van der Waals surface area contributed by atoms with Crippen molar-refractivity contribution < 1.29 is 4.74 Å². The maximum atomic E-state index is 11.3. The predicted octanol–water partition coefficient (Wildman–Crippen LogP) is 1.76. The number of nitrogens with zero attached hydrogens (tertiary/aromatic N) is 2. The van der Waals surface area contributed by atoms with Crippen LogP contribution in [0.5, 0.6) is 5.75 Å². The van der Waals surface area contributed by atoms with Gasteiger partial charge in [0.15, 0.2) is 0 Å². The molecule has 0 saturated heterocycles. The summed E-state index contributed by atoms with van der Waals surface area (Å²) in [7, 11) is 3.29. The molecular weight excluding hydrogens is 216 g/mol. The summed E-state index contributed by atoms with van der Waals surface area (Å²) in [6.45, 7) is 1.98. The number of aromatic nitrogens is 2. The first-order valence-corrected chi connectivity index (χ1v) is 5.31. The van der Waals surface area contributed by atoms with Gasteiger partial charge in [-0.15, -0.1) is 0 Å². The molecule has 0 unspecified atom stereocenters. The molecule has 2 rings (SSSR count). The number of methoxy groups -OCH3 is 1. The van der Waals surface area contributed by atoms with Gasteiger partial charge in [0.1, 0.15) is 5.75 Å². The summed E-state index contributed by atoms with van der Waals surface area (Å²) >= 11 is 0. The third kappa shape index (κ3) is 2.20. The fourth-order valence-corrected chi connectivity index (χ4v) is 1.69. The number of benzene rings is 1. The largest absolute Gasteiger partial charge is 0.496 e. The van der Waals surface area contributed by atoms with Crippen LogP contribution in [0, 0.1) is 6.92 Å². The summed E-state index contributed by atoms with van der Waals surface area (Å²) in [5, 5.41) is 4.20. The van der Waals surface area contributed by atoms with E-state index in [1.165, 1.54) is 10.7 Å². The molecule has 0 radical (unpaired) electrons. The Balaban J connectivity index is 2.49. The quantitative estimate of drug-likeness (QED) is 0.789. The first-order chi connectivity index (χ1) is 8.11. The van der Waals surface area contributed by atoms with E-state index in [1.54, 1.807) is 20.2 Å². The zero-order valence-electron chi connectivity index (χ0n) is 10.1. The van der Waals surface area contributed by atoms with Crippen molar-refractivity contribution in [3.63, 3.8) is 0 Å². The minimum Gasteiger partial charge on any atom is -0.496 e. The molecule has 0 fully saturated rings. The van der Waals surface area contributed by atoms with Crippen LogP contribution in [0.4, 0.5) is 0 Å². The van der Waals surface area contributed by atoms with Crippen molar-refractivity contribution in [3.05, 3.63) is 46.2 Å². The van der Waals surface area contributed by atoms with Crippen molar-refractivity contribution in [2.75, 3.05) is 7.11 Å². The van der Waals surface area contributed by atoms with E-state index in [0.29, 0.717) is 0 Å². The zero-order chi connectivity index (χ0) is 12.4. The van der Waals surface area contributed by atoms with E-state index in [9.17, 15) is 4.79 Å². The van der Waals surface area contributed by atoms with Gasteiger partial charge in [-0.3, -0.25) is 4.79 Å². The van der Waals surface area contributed by atoms with Gasteiger partial charge in [0.05, 0.1) is 12.8 Å². The van der Waals surface area contributed by atoms with Crippen LogP contribution in [-0.4, -0.2) is 16.9 Å². The van der Waals surface area contributed by atoms with Gasteiger partial charge in [-0.2, -0.15) is 5.10 Å². The highest BCUT2D eigenvalue weighted by atomic mass is 16.5. The normalized spacial score (nSPS) is 10.3. The first kappa shape index (κ1) is 11.4. The van der Waals surface area contributed by atoms with E-state index in [1.807, 2.05) is 25.1 Å². The Bertz CT molecular complexity index is 603. The molecule has 0 bridgehead atoms. The molecule has 0 atom stereocenters. The van der Waals surface area contributed by atoms with Gasteiger partial charge in [-0.25, -0.2) is 4.68 Å². The number of ether oxygens (including phenoxy) is 1. The molecule has 0 amide bonds. The summed E-state index contributed by atoms with van der Waals surface area (Å²) < 4.78 is 6.53. The van der Waals surface area contributed by atoms with Crippen molar-refractivity contribution in [1.29, 1.82) is 0 Å². The van der Waals surface area contributed by atoms with E-state index < -0.39 is 0 Å². The van der Waals surface area contributed by atoms with Gasteiger partial charge >= 0.3 is 0 Å². The van der Waals surface area contributed by atoms with Crippen molar-refractivity contribution in [2.45, 2.75) is 6.92 Å². The SMILES string of the molecule is COc1ccc(-c2ccc(=O)n(C)n2)cc1C. The van der Waals surface area contributed by atoms with Crippen LogP contribution in [0.2, 0.25) is 0 Å². The Morgan fingerprint density at radius 2 is 2.00 bits per heavy atom. The van der Waals surface area contributed by atoms with Crippen molar-refractivity contribution in [3.8, 4) is 17.0 Å². The van der Waals surface area contributed by atoms with Gasteiger partial charge in [0, 0.05) is 18.7 Å². The summed E-state index contributed by atoms with van der Waals surface area (Å²) in [5.41, 5.74) is 2.68. The van der Waals surface area contributed by atoms with Gasteiger partial charge < -0.3 is 4.74 Å². The summed E-state index contributed by atoms with van der Waals surface area (Å²) in [4.78, 5) is 11.3. The van der Waals surface area contributed by atoms with Crippen LogP contribution >= 0.6 is 0 Å². The Hall–Kier alpha value is -2.10. The van der Waals surface area contributed by atoms with Crippen LogP contribution in [0.1, 0.15) is 5.56 Å². The minimum atomic E-state index is -0.112. The maximum absolute atomic E-state index is 11.3. The molecule has 4 heteroatoms. The smallest absolute Gasteiger partial charge is 0.266 e. The van der Waals surface area contributed by atoms with Gasteiger partial charge in [-0.05, 0) is 36.8 Å². The summed E-state index contributed by atoms with van der Waals surface area (Å²) in [6.07, 6.45) is 0.